The first-order valence-corrected chi connectivity index (χ1v) is 5.31. The molecule has 1 unspecified atom stereocenters. The number of aliphatic carboxylic acids is 1. The Morgan fingerprint density at radius 2 is 2.21 bits per heavy atom. The molecule has 0 aromatic heterocycles. The van der Waals surface area contributed by atoms with Crippen molar-refractivity contribution in [1.82, 2.24) is 0 Å². The fourth-order valence-corrected chi connectivity index (χ4v) is 1.81. The maximum absolute atomic E-state index is 12.9. The number of fused-ring (bicyclic) bond motifs is 1. The van der Waals surface area contributed by atoms with Gasteiger partial charge in [0.25, 0.3) is 0 Å². The predicted molar refractivity (Wildman–Crippen MR) is 62.3 cm³/mol. The molecule has 2 rings (SSSR count). The molecule has 1 atom stereocenters. The Hall–Kier alpha value is -1.69. The van der Waals surface area contributed by atoms with Gasteiger partial charge in [0.05, 0.1) is 5.57 Å². The monoisotopic (exact) mass is 295 g/mol. The Kier molecular flexibility index (Phi) is 2.37. The molecule has 19 heavy (non-hydrogen) atoms. The number of ether oxygens (including phenoxy) is 1. The van der Waals surface area contributed by atoms with Gasteiger partial charge in [-0.3, -0.25) is 0 Å². The molecule has 0 fully saturated rings. The summed E-state index contributed by atoms with van der Waals surface area (Å²) in [7, 11) is 0. The van der Waals surface area contributed by atoms with Crippen LogP contribution in [0.25, 0.3) is 6.08 Å². The zero-order chi connectivity index (χ0) is 16.9. The highest BCUT2D eigenvalue weighted by molar-refractivity contribution is 6.31. The van der Waals surface area contributed by atoms with E-state index in [1.165, 1.54) is 0 Å². The molecule has 3 nitrogen and oxygen atoms in total. The van der Waals surface area contributed by atoms with E-state index < -0.39 is 30.7 Å². The van der Waals surface area contributed by atoms with E-state index >= 15 is 0 Å². The number of carbonyl (C=O) groups is 1. The number of aryl methyl sites for hydroxylation is 1. The number of halogens is 4. The minimum atomic E-state index is -4.96. The summed E-state index contributed by atoms with van der Waals surface area (Å²) in [5.74, 6) is -2.17. The summed E-state index contributed by atoms with van der Waals surface area (Å²) in [4.78, 5) is 11.0. The van der Waals surface area contributed by atoms with E-state index in [9.17, 15) is 18.0 Å². The van der Waals surface area contributed by atoms with Gasteiger partial charge >= 0.3 is 12.1 Å². The van der Waals surface area contributed by atoms with Gasteiger partial charge in [-0.25, -0.2) is 4.79 Å². The summed E-state index contributed by atoms with van der Waals surface area (Å²) < 4.78 is 65.2. The van der Waals surface area contributed by atoms with E-state index in [0.717, 1.165) is 18.2 Å². The van der Waals surface area contributed by atoms with Crippen molar-refractivity contribution in [3.8, 4) is 5.75 Å². The number of rotatable bonds is 1. The molecule has 0 bridgehead atoms. The molecule has 102 valence electrons. The van der Waals surface area contributed by atoms with Crippen molar-refractivity contribution in [2.24, 2.45) is 0 Å². The normalized spacial score (nSPS) is 21.4. The number of benzene rings is 1. The van der Waals surface area contributed by atoms with Crippen LogP contribution in [0.3, 0.4) is 0 Å². The van der Waals surface area contributed by atoms with Crippen LogP contribution in [0.1, 0.15) is 15.2 Å². The molecule has 1 aromatic rings. The molecule has 1 heterocycles. The minimum absolute atomic E-state index is 0.0316. The van der Waals surface area contributed by atoms with E-state index in [1.54, 1.807) is 0 Å². The largest absolute Gasteiger partial charge is 0.478 e. The summed E-state index contributed by atoms with van der Waals surface area (Å²) in [6.45, 7) is -2.64. The predicted octanol–water partition coefficient (Wildman–Crippen LogP) is 3.44. The van der Waals surface area contributed by atoms with Crippen molar-refractivity contribution >= 4 is 23.6 Å². The molecule has 0 saturated carbocycles. The summed E-state index contributed by atoms with van der Waals surface area (Å²) in [6, 6.07) is 1.94. The number of alkyl halides is 3. The lowest BCUT2D eigenvalue weighted by Crippen LogP contribution is -2.40. The van der Waals surface area contributed by atoms with E-state index in [1.807, 2.05) is 0 Å². The maximum Gasteiger partial charge on any atom is 0.430 e. The molecule has 1 aliphatic rings. The molecular formula is C12H8ClF3O3. The van der Waals surface area contributed by atoms with Crippen LogP contribution >= 0.6 is 11.6 Å². The SMILES string of the molecule is [2H]C([2H])([2H])c1cc2c(cc1Cl)C=C(C(=O)O)C(C(F)(F)F)O2. The maximum atomic E-state index is 12.9. The van der Waals surface area contributed by atoms with Gasteiger partial charge in [-0.05, 0) is 30.6 Å². The van der Waals surface area contributed by atoms with Gasteiger partial charge in [-0.15, -0.1) is 0 Å². The van der Waals surface area contributed by atoms with E-state index in [2.05, 4.69) is 4.74 Å². The first-order valence-electron chi connectivity index (χ1n) is 6.43. The van der Waals surface area contributed by atoms with Crippen molar-refractivity contribution < 1.29 is 31.9 Å². The highest BCUT2D eigenvalue weighted by atomic mass is 35.5. The molecule has 0 aliphatic carbocycles. The van der Waals surface area contributed by atoms with Crippen molar-refractivity contribution in [2.45, 2.75) is 19.1 Å². The van der Waals surface area contributed by atoms with Gasteiger partial charge in [0.2, 0.25) is 6.10 Å². The van der Waals surface area contributed by atoms with Crippen LogP contribution < -0.4 is 4.74 Å². The van der Waals surface area contributed by atoms with Crippen LogP contribution in [-0.4, -0.2) is 23.4 Å². The zero-order valence-electron chi connectivity index (χ0n) is 12.1. The summed E-state index contributed by atoms with van der Waals surface area (Å²) in [5, 5.41) is 8.67. The highest BCUT2D eigenvalue weighted by Crippen LogP contribution is 2.39. The van der Waals surface area contributed by atoms with Crippen LogP contribution in [0, 0.1) is 6.85 Å². The van der Waals surface area contributed by atoms with Gasteiger partial charge < -0.3 is 9.84 Å². The molecule has 0 spiro atoms. The number of carboxylic acids is 1. The standard InChI is InChI=1S/C12H8ClF3O3/c1-5-2-9-6(4-8(5)13)3-7(11(17)18)10(19-9)12(14,15)16/h2-4,10H,1H3,(H,17,18)/i1D3. The zero-order valence-corrected chi connectivity index (χ0v) is 9.84. The molecule has 1 aromatic carbocycles. The van der Waals surface area contributed by atoms with Crippen LogP contribution in [0.5, 0.6) is 5.75 Å². The van der Waals surface area contributed by atoms with E-state index in [0.29, 0.717) is 0 Å². The average Bonchev–Trinajstić information content (AvgIpc) is 2.33. The van der Waals surface area contributed by atoms with Gasteiger partial charge in [-0.2, -0.15) is 13.2 Å². The van der Waals surface area contributed by atoms with E-state index in [-0.39, 0.29) is 21.9 Å². The quantitative estimate of drug-likeness (QED) is 0.863. The summed E-state index contributed by atoms with van der Waals surface area (Å²) >= 11 is 5.78. The lowest BCUT2D eigenvalue weighted by Gasteiger charge is -2.27. The Balaban J connectivity index is 2.61. The Morgan fingerprint density at radius 1 is 1.53 bits per heavy atom. The van der Waals surface area contributed by atoms with Crippen molar-refractivity contribution in [1.29, 1.82) is 0 Å². The molecule has 1 aliphatic heterocycles. The third-order valence-electron chi connectivity index (χ3n) is 2.48. The minimum Gasteiger partial charge on any atom is -0.478 e. The van der Waals surface area contributed by atoms with E-state index in [4.69, 9.17) is 20.8 Å². The molecule has 7 heteroatoms. The molecule has 0 saturated heterocycles. The Morgan fingerprint density at radius 3 is 2.74 bits per heavy atom. The summed E-state index contributed by atoms with van der Waals surface area (Å²) in [6.07, 6.45) is -6.86. The first kappa shape index (κ1) is 10.1. The molecule has 1 N–H and O–H groups in total. The Bertz CT molecular complexity index is 668. The molecular weight excluding hydrogens is 285 g/mol. The highest BCUT2D eigenvalue weighted by Gasteiger charge is 2.48. The fraction of sp³-hybridized carbons (Fsp3) is 0.250. The van der Waals surface area contributed by atoms with Crippen molar-refractivity contribution in [2.75, 3.05) is 0 Å². The van der Waals surface area contributed by atoms with Crippen molar-refractivity contribution in [3.05, 3.63) is 33.9 Å². The lowest BCUT2D eigenvalue weighted by molar-refractivity contribution is -0.187. The second-order valence-corrected chi connectivity index (χ2v) is 4.22. The lowest BCUT2D eigenvalue weighted by atomic mass is 10.00. The number of hydrogen-bond acceptors (Lipinski definition) is 2. The third-order valence-corrected chi connectivity index (χ3v) is 2.79. The third kappa shape index (κ3) is 2.53. The van der Waals surface area contributed by atoms with Crippen LogP contribution in [0.15, 0.2) is 17.7 Å². The van der Waals surface area contributed by atoms with Gasteiger partial charge in [-0.1, -0.05) is 11.6 Å². The fourth-order valence-electron chi connectivity index (χ4n) is 1.63. The van der Waals surface area contributed by atoms with Crippen LogP contribution in [0.4, 0.5) is 13.2 Å². The molecule has 0 amide bonds. The smallest absolute Gasteiger partial charge is 0.430 e. The first-order chi connectivity index (χ1) is 9.91. The van der Waals surface area contributed by atoms with Crippen LogP contribution in [0.2, 0.25) is 5.02 Å². The van der Waals surface area contributed by atoms with Crippen LogP contribution in [-0.2, 0) is 4.79 Å². The second kappa shape index (κ2) is 4.45. The number of hydrogen-bond donors (Lipinski definition) is 1. The van der Waals surface area contributed by atoms with Gasteiger partial charge in [0.1, 0.15) is 5.75 Å². The molecule has 0 radical (unpaired) electrons. The number of carboxylic acid groups (broad SMARTS) is 1. The van der Waals surface area contributed by atoms with Gasteiger partial charge in [0, 0.05) is 14.7 Å². The topological polar surface area (TPSA) is 46.5 Å². The average molecular weight is 296 g/mol. The van der Waals surface area contributed by atoms with Gasteiger partial charge in [0.15, 0.2) is 0 Å². The Labute approximate surface area is 115 Å². The van der Waals surface area contributed by atoms with Crippen molar-refractivity contribution in [3.63, 3.8) is 0 Å². The summed E-state index contributed by atoms with van der Waals surface area (Å²) in [5.41, 5.74) is -1.41. The second-order valence-electron chi connectivity index (χ2n) is 3.81.